The first-order valence-electron chi connectivity index (χ1n) is 8.04. The number of rotatable bonds is 3. The first kappa shape index (κ1) is 16.2. The van der Waals surface area contributed by atoms with Gasteiger partial charge >= 0.3 is 4.87 Å². The van der Waals surface area contributed by atoms with Crippen LogP contribution in [0.5, 0.6) is 5.88 Å². The highest BCUT2D eigenvalue weighted by Gasteiger charge is 2.18. The second-order valence-electron chi connectivity index (χ2n) is 5.89. The molecule has 1 aliphatic rings. The third-order valence-corrected chi connectivity index (χ3v) is 4.94. The number of hydrogen-bond acceptors (Lipinski definition) is 5. The Morgan fingerprint density at radius 1 is 1.08 bits per heavy atom. The normalized spacial score (nSPS) is 14.8. The number of allylic oxidation sites excluding steroid dienone is 1. The Labute approximate surface area is 153 Å². The van der Waals surface area contributed by atoms with E-state index in [0.29, 0.717) is 16.3 Å². The monoisotopic (exact) mass is 361 g/mol. The molecule has 128 valence electrons. The summed E-state index contributed by atoms with van der Waals surface area (Å²) in [5, 5.41) is 18.7. The Balaban J connectivity index is 1.76. The number of aromatic hydroxyl groups is 1. The minimum atomic E-state index is -0.244. The molecule has 1 aliphatic heterocycles. The molecule has 26 heavy (non-hydrogen) atoms. The number of aryl methyl sites for hydroxylation is 1. The predicted octanol–water partition coefficient (Wildman–Crippen LogP) is 3.79. The molecule has 0 aliphatic carbocycles. The fourth-order valence-electron chi connectivity index (χ4n) is 2.73. The molecule has 0 amide bonds. The summed E-state index contributed by atoms with van der Waals surface area (Å²) in [6.07, 6.45) is 3.37. The van der Waals surface area contributed by atoms with Gasteiger partial charge < -0.3 is 5.11 Å². The van der Waals surface area contributed by atoms with E-state index in [9.17, 15) is 9.90 Å². The number of nitrogens with zero attached hydrogens (tertiary/aromatic N) is 3. The lowest BCUT2D eigenvalue weighted by molar-refractivity contribution is 0.440. The number of hydrogen-bond donors (Lipinski definition) is 1. The van der Waals surface area contributed by atoms with Crippen molar-refractivity contribution in [3.05, 3.63) is 85.8 Å². The van der Waals surface area contributed by atoms with Gasteiger partial charge in [0.25, 0.3) is 0 Å². The highest BCUT2D eigenvalue weighted by atomic mass is 32.1. The van der Waals surface area contributed by atoms with E-state index in [2.05, 4.69) is 10.2 Å². The van der Waals surface area contributed by atoms with Gasteiger partial charge in [-0.25, -0.2) is 4.57 Å². The molecule has 4 rings (SSSR count). The number of benzene rings is 2. The predicted molar refractivity (Wildman–Crippen MR) is 106 cm³/mol. The van der Waals surface area contributed by atoms with E-state index in [0.717, 1.165) is 28.0 Å². The molecule has 1 N–H and O–H groups in total. The van der Waals surface area contributed by atoms with Crippen LogP contribution in [0, 0.1) is 6.92 Å². The maximum atomic E-state index is 12.4. The fraction of sp³-hybridized carbons (Fsp3) is 0.0500. The molecular weight excluding hydrogens is 346 g/mol. The van der Waals surface area contributed by atoms with Crippen molar-refractivity contribution in [1.29, 1.82) is 0 Å². The minimum Gasteiger partial charge on any atom is -0.493 e. The van der Waals surface area contributed by atoms with Crippen molar-refractivity contribution in [2.45, 2.75) is 6.92 Å². The Hall–Kier alpha value is -3.25. The van der Waals surface area contributed by atoms with Gasteiger partial charge in [-0.1, -0.05) is 59.4 Å². The molecule has 0 radical (unpaired) electrons. The largest absolute Gasteiger partial charge is 0.493 e. The van der Waals surface area contributed by atoms with E-state index in [-0.39, 0.29) is 10.8 Å². The molecule has 0 spiro atoms. The number of aromatic nitrogens is 1. The zero-order valence-corrected chi connectivity index (χ0v) is 14.8. The molecule has 2 aromatic carbocycles. The van der Waals surface area contributed by atoms with Crippen molar-refractivity contribution < 1.29 is 5.11 Å². The van der Waals surface area contributed by atoms with Crippen molar-refractivity contribution in [1.82, 2.24) is 4.57 Å². The van der Waals surface area contributed by atoms with E-state index in [1.165, 1.54) is 4.57 Å². The van der Waals surface area contributed by atoms with Gasteiger partial charge in [-0.05, 0) is 25.1 Å². The summed E-state index contributed by atoms with van der Waals surface area (Å²) in [7, 11) is 0. The van der Waals surface area contributed by atoms with Crippen LogP contribution in [0.2, 0.25) is 0 Å². The Kier molecular flexibility index (Phi) is 4.10. The van der Waals surface area contributed by atoms with E-state index in [1.54, 1.807) is 12.3 Å². The van der Waals surface area contributed by atoms with Crippen LogP contribution in [0.3, 0.4) is 0 Å². The van der Waals surface area contributed by atoms with Crippen molar-refractivity contribution in [3.8, 4) is 11.6 Å². The summed E-state index contributed by atoms with van der Waals surface area (Å²) in [6, 6.07) is 17.1. The van der Waals surface area contributed by atoms with Gasteiger partial charge in [0.1, 0.15) is 5.71 Å². The molecule has 1 aromatic heterocycles. The second kappa shape index (κ2) is 6.57. The van der Waals surface area contributed by atoms with Crippen LogP contribution >= 0.6 is 11.3 Å². The highest BCUT2D eigenvalue weighted by Crippen LogP contribution is 2.27. The molecule has 2 heterocycles. The van der Waals surface area contributed by atoms with Gasteiger partial charge in [-0.2, -0.15) is 5.10 Å². The molecule has 0 saturated carbocycles. The van der Waals surface area contributed by atoms with Crippen LogP contribution in [0.15, 0.2) is 75.2 Å². The third kappa shape index (κ3) is 2.91. The van der Waals surface area contributed by atoms with Crippen LogP contribution in [0.25, 0.3) is 11.8 Å². The lowest BCUT2D eigenvalue weighted by Crippen LogP contribution is -2.09. The van der Waals surface area contributed by atoms with Crippen LogP contribution in [-0.2, 0) is 0 Å². The summed E-state index contributed by atoms with van der Waals surface area (Å²) < 4.78 is 1.31. The van der Waals surface area contributed by atoms with Gasteiger partial charge in [0, 0.05) is 11.1 Å². The standard InChI is InChI=1S/C20H15N3O2S/c1-13-7-9-16(10-8-13)23-19(24)17(26-20(23)25)11-15-12-21-22-18(15)14-5-3-2-4-6-14/h2-12,24H,1H3/b15-11-. The first-order chi connectivity index (χ1) is 12.6. The molecule has 5 nitrogen and oxygen atoms in total. The quantitative estimate of drug-likeness (QED) is 0.771. The van der Waals surface area contributed by atoms with Crippen molar-refractivity contribution >= 4 is 29.3 Å². The first-order valence-corrected chi connectivity index (χ1v) is 8.85. The summed E-state index contributed by atoms with van der Waals surface area (Å²) in [5.74, 6) is -0.0796. The van der Waals surface area contributed by atoms with Crippen molar-refractivity contribution in [2.24, 2.45) is 10.2 Å². The van der Waals surface area contributed by atoms with E-state index in [1.807, 2.05) is 61.5 Å². The summed E-state index contributed by atoms with van der Waals surface area (Å²) in [5.41, 5.74) is 4.12. The smallest absolute Gasteiger partial charge is 0.315 e. The lowest BCUT2D eigenvalue weighted by atomic mass is 10.0. The van der Waals surface area contributed by atoms with Crippen molar-refractivity contribution in [2.75, 3.05) is 0 Å². The van der Waals surface area contributed by atoms with Gasteiger partial charge in [0.15, 0.2) is 0 Å². The number of thiazole rings is 1. The third-order valence-electron chi connectivity index (χ3n) is 4.07. The molecule has 0 unspecified atom stereocenters. The zero-order valence-electron chi connectivity index (χ0n) is 14.0. The molecule has 0 fully saturated rings. The topological polar surface area (TPSA) is 66.9 Å². The second-order valence-corrected chi connectivity index (χ2v) is 6.88. The maximum absolute atomic E-state index is 12.4. The molecule has 3 aromatic rings. The molecular formula is C20H15N3O2S. The summed E-state index contributed by atoms with van der Waals surface area (Å²) in [6.45, 7) is 1.97. The van der Waals surface area contributed by atoms with Crippen LogP contribution in [0.4, 0.5) is 0 Å². The molecule has 0 bridgehead atoms. The fourth-order valence-corrected chi connectivity index (χ4v) is 3.57. The summed E-state index contributed by atoms with van der Waals surface area (Å²) >= 11 is 0.988. The van der Waals surface area contributed by atoms with E-state index < -0.39 is 0 Å². The SMILES string of the molecule is Cc1ccc(-n2c(O)c(/C=C3/C=NN=C3c3ccccc3)sc2=O)cc1. The van der Waals surface area contributed by atoms with Crippen LogP contribution < -0.4 is 4.87 Å². The molecule has 0 saturated heterocycles. The zero-order chi connectivity index (χ0) is 18.1. The Morgan fingerprint density at radius 2 is 1.81 bits per heavy atom. The van der Waals surface area contributed by atoms with Crippen LogP contribution in [-0.4, -0.2) is 21.6 Å². The lowest BCUT2D eigenvalue weighted by Gasteiger charge is -2.04. The molecule has 6 heteroatoms. The van der Waals surface area contributed by atoms with E-state index >= 15 is 0 Å². The van der Waals surface area contributed by atoms with Gasteiger partial charge in [-0.15, -0.1) is 5.10 Å². The summed E-state index contributed by atoms with van der Waals surface area (Å²) in [4.78, 5) is 12.6. The Morgan fingerprint density at radius 3 is 2.54 bits per heavy atom. The van der Waals surface area contributed by atoms with Gasteiger partial charge in [0.2, 0.25) is 5.88 Å². The highest BCUT2D eigenvalue weighted by molar-refractivity contribution is 7.10. The average Bonchev–Trinajstić information content (AvgIpc) is 3.22. The van der Waals surface area contributed by atoms with Crippen molar-refractivity contribution in [3.63, 3.8) is 0 Å². The Bertz CT molecular complexity index is 1100. The molecule has 0 atom stereocenters. The van der Waals surface area contributed by atoms with Gasteiger partial charge in [-0.3, -0.25) is 4.79 Å². The van der Waals surface area contributed by atoms with Gasteiger partial charge in [0.05, 0.1) is 16.8 Å². The maximum Gasteiger partial charge on any atom is 0.315 e. The van der Waals surface area contributed by atoms with E-state index in [4.69, 9.17) is 0 Å². The van der Waals surface area contributed by atoms with Crippen LogP contribution in [0.1, 0.15) is 16.0 Å². The average molecular weight is 361 g/mol. The minimum absolute atomic E-state index is 0.0796.